The lowest BCUT2D eigenvalue weighted by atomic mass is 10.0. The summed E-state index contributed by atoms with van der Waals surface area (Å²) in [7, 11) is 0. The van der Waals surface area contributed by atoms with Crippen LogP contribution >= 0.6 is 0 Å². The molecule has 5 heteroatoms. The fourth-order valence-electron chi connectivity index (χ4n) is 3.88. The molecular weight excluding hydrogens is 340 g/mol. The molecule has 0 spiro atoms. The van der Waals surface area contributed by atoms with Gasteiger partial charge in [0.1, 0.15) is 11.4 Å². The lowest BCUT2D eigenvalue weighted by molar-refractivity contribution is -0.119. The average molecular weight is 364 g/mol. The number of anilines is 2. The third-order valence-electron chi connectivity index (χ3n) is 5.12. The minimum atomic E-state index is -0.257. The van der Waals surface area contributed by atoms with Crippen molar-refractivity contribution in [2.75, 3.05) is 16.8 Å². The van der Waals surface area contributed by atoms with E-state index in [2.05, 4.69) is 5.32 Å². The summed E-state index contributed by atoms with van der Waals surface area (Å²) >= 11 is 0. The summed E-state index contributed by atoms with van der Waals surface area (Å²) in [4.78, 5) is 26.6. The maximum absolute atomic E-state index is 12.5. The molecule has 27 heavy (non-hydrogen) atoms. The van der Waals surface area contributed by atoms with Gasteiger partial charge in [-0.2, -0.15) is 0 Å². The maximum atomic E-state index is 12.5. The number of nitrogens with one attached hydrogen (secondary N) is 1. The third kappa shape index (κ3) is 3.54. The van der Waals surface area contributed by atoms with Gasteiger partial charge in [0.2, 0.25) is 11.8 Å². The monoisotopic (exact) mass is 364 g/mol. The van der Waals surface area contributed by atoms with Crippen molar-refractivity contribution in [2.45, 2.75) is 45.1 Å². The van der Waals surface area contributed by atoms with Crippen LogP contribution in [0, 0.1) is 0 Å². The van der Waals surface area contributed by atoms with Crippen molar-refractivity contribution in [2.24, 2.45) is 0 Å². The Balaban J connectivity index is 1.43. The molecule has 2 aromatic carbocycles. The van der Waals surface area contributed by atoms with Crippen LogP contribution in [-0.2, 0) is 22.4 Å². The second kappa shape index (κ2) is 6.72. The van der Waals surface area contributed by atoms with Crippen molar-refractivity contribution in [3.05, 3.63) is 53.6 Å². The van der Waals surface area contributed by atoms with E-state index in [4.69, 9.17) is 4.74 Å². The third-order valence-corrected chi connectivity index (χ3v) is 5.12. The van der Waals surface area contributed by atoms with Gasteiger partial charge in [-0.05, 0) is 38.0 Å². The molecule has 4 rings (SSSR count). The molecule has 0 saturated carbocycles. The van der Waals surface area contributed by atoms with Crippen LogP contribution in [0.25, 0.3) is 0 Å². The number of benzene rings is 2. The lowest BCUT2D eigenvalue weighted by Crippen LogP contribution is -2.37. The first-order valence-corrected chi connectivity index (χ1v) is 9.42. The van der Waals surface area contributed by atoms with Gasteiger partial charge in [0.15, 0.2) is 0 Å². The van der Waals surface area contributed by atoms with Gasteiger partial charge >= 0.3 is 0 Å². The van der Waals surface area contributed by atoms with Crippen molar-refractivity contribution >= 4 is 23.2 Å². The zero-order valence-corrected chi connectivity index (χ0v) is 15.7. The number of carbonyl (C=O) groups excluding carboxylic acids is 2. The van der Waals surface area contributed by atoms with E-state index in [0.717, 1.165) is 35.4 Å². The fourth-order valence-corrected chi connectivity index (χ4v) is 3.88. The summed E-state index contributed by atoms with van der Waals surface area (Å²) in [6, 6.07) is 13.7. The van der Waals surface area contributed by atoms with Crippen molar-refractivity contribution in [1.29, 1.82) is 0 Å². The molecule has 0 saturated heterocycles. The zero-order chi connectivity index (χ0) is 19.0. The minimum absolute atomic E-state index is 0.0761. The number of aryl methyl sites for hydroxylation is 1. The normalized spacial score (nSPS) is 17.1. The van der Waals surface area contributed by atoms with Gasteiger partial charge in [-0.15, -0.1) is 0 Å². The van der Waals surface area contributed by atoms with Crippen LogP contribution in [0.15, 0.2) is 42.5 Å². The van der Waals surface area contributed by atoms with E-state index in [1.165, 1.54) is 0 Å². The maximum Gasteiger partial charge on any atom is 0.227 e. The van der Waals surface area contributed by atoms with Crippen molar-refractivity contribution in [3.8, 4) is 5.75 Å². The Morgan fingerprint density at radius 1 is 1.11 bits per heavy atom. The number of carbonyl (C=O) groups is 2. The summed E-state index contributed by atoms with van der Waals surface area (Å²) in [5.74, 6) is 0.718. The van der Waals surface area contributed by atoms with Gasteiger partial charge in [0.05, 0.1) is 5.69 Å². The molecular formula is C22H24N2O3. The molecule has 0 fully saturated rings. The Labute approximate surface area is 159 Å². The molecule has 2 aromatic rings. The quantitative estimate of drug-likeness (QED) is 0.900. The number of para-hydroxylation sites is 2. The summed E-state index contributed by atoms with van der Waals surface area (Å²) < 4.78 is 6.01. The molecule has 140 valence electrons. The first-order chi connectivity index (χ1) is 12.9. The van der Waals surface area contributed by atoms with E-state index < -0.39 is 0 Å². The Morgan fingerprint density at radius 2 is 1.89 bits per heavy atom. The highest BCUT2D eigenvalue weighted by Gasteiger charge is 2.32. The molecule has 2 heterocycles. The molecule has 0 aromatic heterocycles. The highest BCUT2D eigenvalue weighted by atomic mass is 16.5. The van der Waals surface area contributed by atoms with Crippen LogP contribution in [0.4, 0.5) is 11.4 Å². The summed E-state index contributed by atoms with van der Waals surface area (Å²) in [5, 5.41) is 2.96. The zero-order valence-electron chi connectivity index (χ0n) is 15.7. The highest BCUT2D eigenvalue weighted by molar-refractivity contribution is 5.98. The Hall–Kier alpha value is -2.82. The number of ether oxygens (including phenoxy) is 1. The molecule has 0 radical (unpaired) electrons. The van der Waals surface area contributed by atoms with Crippen LogP contribution in [0.5, 0.6) is 5.75 Å². The summed E-state index contributed by atoms with van der Waals surface area (Å²) in [6.07, 6.45) is 2.33. The molecule has 0 unspecified atom stereocenters. The Bertz CT molecular complexity index is 904. The molecule has 1 N–H and O–H groups in total. The smallest absolute Gasteiger partial charge is 0.227 e. The first-order valence-electron chi connectivity index (χ1n) is 9.42. The predicted octanol–water partition coefficient (Wildman–Crippen LogP) is 3.71. The summed E-state index contributed by atoms with van der Waals surface area (Å²) in [5.41, 5.74) is 3.64. The molecule has 0 atom stereocenters. The topological polar surface area (TPSA) is 58.6 Å². The van der Waals surface area contributed by atoms with Crippen LogP contribution in [0.3, 0.4) is 0 Å². The second-order valence-electron chi connectivity index (χ2n) is 7.80. The van der Waals surface area contributed by atoms with E-state index >= 15 is 0 Å². The number of hydrogen-bond donors (Lipinski definition) is 1. The van der Waals surface area contributed by atoms with Crippen molar-refractivity contribution in [3.63, 3.8) is 0 Å². The average Bonchev–Trinajstić information content (AvgIpc) is 2.96. The predicted molar refractivity (Wildman–Crippen MR) is 105 cm³/mol. The van der Waals surface area contributed by atoms with E-state index in [1.54, 1.807) is 4.90 Å². The van der Waals surface area contributed by atoms with E-state index in [-0.39, 0.29) is 23.8 Å². The van der Waals surface area contributed by atoms with Crippen LogP contribution in [-0.4, -0.2) is 24.0 Å². The van der Waals surface area contributed by atoms with Gasteiger partial charge in [0.25, 0.3) is 0 Å². The van der Waals surface area contributed by atoms with Crippen molar-refractivity contribution < 1.29 is 14.3 Å². The van der Waals surface area contributed by atoms with Crippen molar-refractivity contribution in [1.82, 2.24) is 0 Å². The molecule has 0 aliphatic carbocycles. The first kappa shape index (κ1) is 17.6. The second-order valence-corrected chi connectivity index (χ2v) is 7.80. The Morgan fingerprint density at radius 3 is 2.74 bits per heavy atom. The van der Waals surface area contributed by atoms with Gasteiger partial charge in [-0.1, -0.05) is 30.3 Å². The highest BCUT2D eigenvalue weighted by Crippen LogP contribution is 2.40. The minimum Gasteiger partial charge on any atom is -0.485 e. The van der Waals surface area contributed by atoms with E-state index in [1.807, 2.05) is 56.3 Å². The largest absolute Gasteiger partial charge is 0.485 e. The molecule has 2 aliphatic heterocycles. The van der Waals surface area contributed by atoms with E-state index in [9.17, 15) is 9.59 Å². The number of fused-ring (bicyclic) bond motifs is 2. The number of rotatable bonds is 4. The van der Waals surface area contributed by atoms with E-state index in [0.29, 0.717) is 18.7 Å². The van der Waals surface area contributed by atoms with Gasteiger partial charge in [0, 0.05) is 37.1 Å². The fraction of sp³-hybridized carbons (Fsp3) is 0.364. The SMILES string of the molecule is CC1(C)Cc2cccc(NC(=O)CCN3C(=O)CCc4ccccc43)c2O1. The van der Waals surface area contributed by atoms with Crippen LogP contribution in [0.1, 0.15) is 37.8 Å². The van der Waals surface area contributed by atoms with Gasteiger partial charge in [-0.3, -0.25) is 9.59 Å². The number of amides is 2. The number of nitrogens with zero attached hydrogens (tertiary/aromatic N) is 1. The van der Waals surface area contributed by atoms with Gasteiger partial charge < -0.3 is 15.0 Å². The number of hydrogen-bond acceptors (Lipinski definition) is 3. The molecule has 2 aliphatic rings. The molecule has 5 nitrogen and oxygen atoms in total. The molecule has 2 amide bonds. The lowest BCUT2D eigenvalue weighted by Gasteiger charge is -2.29. The standard InChI is InChI=1S/C22H24N2O3/c1-22(2)14-16-7-5-8-17(21(16)27-22)23-19(25)12-13-24-18-9-4-3-6-15(18)10-11-20(24)26/h3-9H,10-14H2,1-2H3,(H,23,25). The molecule has 0 bridgehead atoms. The van der Waals surface area contributed by atoms with Gasteiger partial charge in [-0.25, -0.2) is 0 Å². The van der Waals surface area contributed by atoms with Crippen LogP contribution < -0.4 is 15.0 Å². The summed E-state index contributed by atoms with van der Waals surface area (Å²) in [6.45, 7) is 4.46. The Kier molecular flexibility index (Phi) is 4.38. The van der Waals surface area contributed by atoms with Crippen LogP contribution in [0.2, 0.25) is 0 Å².